The lowest BCUT2D eigenvalue weighted by Crippen LogP contribution is -2.57. The highest BCUT2D eigenvalue weighted by atomic mass is 16.5. The topological polar surface area (TPSA) is 103 Å². The van der Waals surface area contributed by atoms with Gasteiger partial charge in [-0.05, 0) is 32.0 Å². The number of benzene rings is 1. The largest absolute Gasteiger partial charge is 0.485 e. The Balaban J connectivity index is 2.62. The van der Waals surface area contributed by atoms with Gasteiger partial charge in [0.2, 0.25) is 12.3 Å². The van der Waals surface area contributed by atoms with Crippen molar-refractivity contribution in [2.75, 3.05) is 0 Å². The molecule has 1 aliphatic heterocycles. The Hall–Kier alpha value is -2.59. The monoisotopic (exact) mass is 303 g/mol. The SMILES string of the molecule is CC(=O)N(NC=O)[C@H]1c2cc(C#N)ccc2OC(C)(C)[C@@H]1O. The normalized spacial score (nSPS) is 21.8. The number of fused-ring (bicyclic) bond motifs is 1. The molecule has 0 fully saturated rings. The second-order valence-electron chi connectivity index (χ2n) is 5.60. The van der Waals surface area contributed by atoms with Crippen LogP contribution in [0.2, 0.25) is 0 Å². The number of hydrogen-bond donors (Lipinski definition) is 2. The highest BCUT2D eigenvalue weighted by Crippen LogP contribution is 2.42. The van der Waals surface area contributed by atoms with Gasteiger partial charge in [0.25, 0.3) is 0 Å². The molecule has 0 aliphatic carbocycles. The molecule has 0 spiro atoms. The predicted octanol–water partition coefficient (Wildman–Crippen LogP) is 0.641. The van der Waals surface area contributed by atoms with Crippen LogP contribution in [-0.2, 0) is 9.59 Å². The first-order valence-corrected chi connectivity index (χ1v) is 6.72. The smallest absolute Gasteiger partial charge is 0.238 e. The molecule has 0 unspecified atom stereocenters. The number of nitrogens with zero attached hydrogens (tertiary/aromatic N) is 2. The van der Waals surface area contributed by atoms with Gasteiger partial charge in [-0.2, -0.15) is 5.26 Å². The van der Waals surface area contributed by atoms with Crippen molar-refractivity contribution in [3.8, 4) is 11.8 Å². The number of amides is 2. The van der Waals surface area contributed by atoms with E-state index in [1.807, 2.05) is 6.07 Å². The number of nitriles is 1. The Labute approximate surface area is 128 Å². The zero-order valence-electron chi connectivity index (χ0n) is 12.5. The van der Waals surface area contributed by atoms with E-state index in [0.29, 0.717) is 23.3 Å². The molecule has 7 nitrogen and oxygen atoms in total. The third kappa shape index (κ3) is 2.61. The predicted molar refractivity (Wildman–Crippen MR) is 76.3 cm³/mol. The first-order chi connectivity index (χ1) is 10.3. The van der Waals surface area contributed by atoms with Gasteiger partial charge in [-0.1, -0.05) is 0 Å². The van der Waals surface area contributed by atoms with E-state index in [0.717, 1.165) is 5.01 Å². The van der Waals surface area contributed by atoms with E-state index in [4.69, 9.17) is 10.00 Å². The third-order valence-electron chi connectivity index (χ3n) is 3.65. The number of carbonyl (C=O) groups is 2. The molecule has 1 aromatic carbocycles. The molecule has 2 rings (SSSR count). The highest BCUT2D eigenvalue weighted by Gasteiger charge is 2.46. The van der Waals surface area contributed by atoms with Gasteiger partial charge in [0.05, 0.1) is 11.6 Å². The van der Waals surface area contributed by atoms with Crippen LogP contribution in [0.5, 0.6) is 5.75 Å². The van der Waals surface area contributed by atoms with E-state index in [-0.39, 0.29) is 0 Å². The van der Waals surface area contributed by atoms with Crippen molar-refractivity contribution in [2.24, 2.45) is 0 Å². The van der Waals surface area contributed by atoms with E-state index in [2.05, 4.69) is 5.43 Å². The summed E-state index contributed by atoms with van der Waals surface area (Å²) in [5, 5.41) is 20.7. The zero-order valence-corrected chi connectivity index (χ0v) is 12.5. The minimum absolute atomic E-state index is 0.365. The van der Waals surface area contributed by atoms with Crippen LogP contribution < -0.4 is 10.2 Å². The summed E-state index contributed by atoms with van der Waals surface area (Å²) >= 11 is 0. The van der Waals surface area contributed by atoms with Crippen molar-refractivity contribution in [1.29, 1.82) is 5.26 Å². The molecule has 0 aromatic heterocycles. The molecular formula is C15H17N3O4. The number of hydrazine groups is 1. The van der Waals surface area contributed by atoms with E-state index in [1.165, 1.54) is 6.92 Å². The van der Waals surface area contributed by atoms with Crippen LogP contribution in [0.1, 0.15) is 37.9 Å². The van der Waals surface area contributed by atoms with Crippen molar-refractivity contribution < 1.29 is 19.4 Å². The maximum absolute atomic E-state index is 11.8. The zero-order chi connectivity index (χ0) is 16.5. The summed E-state index contributed by atoms with van der Waals surface area (Å²) in [5.41, 5.74) is 2.17. The van der Waals surface area contributed by atoms with E-state index in [1.54, 1.807) is 32.0 Å². The Morgan fingerprint density at radius 3 is 2.77 bits per heavy atom. The molecule has 0 saturated carbocycles. The molecule has 0 radical (unpaired) electrons. The average Bonchev–Trinajstić information content (AvgIpc) is 2.46. The maximum atomic E-state index is 11.8. The third-order valence-corrected chi connectivity index (χ3v) is 3.65. The first kappa shape index (κ1) is 15.8. The summed E-state index contributed by atoms with van der Waals surface area (Å²) in [4.78, 5) is 22.6. The molecule has 0 saturated heterocycles. The number of ether oxygens (including phenoxy) is 1. The quantitative estimate of drug-likeness (QED) is 0.630. The highest BCUT2D eigenvalue weighted by molar-refractivity contribution is 5.75. The molecule has 2 atom stereocenters. The second kappa shape index (κ2) is 5.66. The van der Waals surface area contributed by atoms with Gasteiger partial charge in [0, 0.05) is 12.5 Å². The molecule has 1 aromatic rings. The van der Waals surface area contributed by atoms with Crippen LogP contribution in [0.15, 0.2) is 18.2 Å². The molecule has 2 N–H and O–H groups in total. The van der Waals surface area contributed by atoms with Crippen molar-refractivity contribution in [3.63, 3.8) is 0 Å². The number of rotatable bonds is 3. The maximum Gasteiger partial charge on any atom is 0.238 e. The van der Waals surface area contributed by atoms with Crippen LogP contribution >= 0.6 is 0 Å². The summed E-state index contributed by atoms with van der Waals surface area (Å²) < 4.78 is 5.76. The molecule has 1 aliphatic rings. The summed E-state index contributed by atoms with van der Waals surface area (Å²) in [7, 11) is 0. The van der Waals surface area contributed by atoms with E-state index >= 15 is 0 Å². The van der Waals surface area contributed by atoms with Gasteiger partial charge in [0.15, 0.2) is 0 Å². The Bertz CT molecular complexity index is 651. The number of aliphatic hydroxyl groups is 1. The summed E-state index contributed by atoms with van der Waals surface area (Å²) in [6, 6.07) is 5.90. The van der Waals surface area contributed by atoms with Crippen LogP contribution in [-0.4, -0.2) is 34.1 Å². The minimum Gasteiger partial charge on any atom is -0.485 e. The lowest BCUT2D eigenvalue weighted by Gasteiger charge is -2.45. The fraction of sp³-hybridized carbons (Fsp3) is 0.400. The van der Waals surface area contributed by atoms with Gasteiger partial charge < -0.3 is 9.84 Å². The second-order valence-corrected chi connectivity index (χ2v) is 5.60. The minimum atomic E-state index is -1.09. The van der Waals surface area contributed by atoms with Crippen LogP contribution in [0.3, 0.4) is 0 Å². The molecular weight excluding hydrogens is 286 g/mol. The Morgan fingerprint density at radius 1 is 1.55 bits per heavy atom. The summed E-state index contributed by atoms with van der Waals surface area (Å²) in [6.07, 6.45) is -0.727. The van der Waals surface area contributed by atoms with Gasteiger partial charge in [0.1, 0.15) is 23.5 Å². The molecule has 1 heterocycles. The van der Waals surface area contributed by atoms with Crippen molar-refractivity contribution in [1.82, 2.24) is 10.4 Å². The lowest BCUT2D eigenvalue weighted by molar-refractivity contribution is -0.151. The van der Waals surface area contributed by atoms with Gasteiger partial charge >= 0.3 is 0 Å². The molecule has 116 valence electrons. The molecule has 2 amide bonds. The fourth-order valence-corrected chi connectivity index (χ4v) is 2.54. The Kier molecular flexibility index (Phi) is 4.06. The average molecular weight is 303 g/mol. The van der Waals surface area contributed by atoms with E-state index < -0.39 is 23.7 Å². The van der Waals surface area contributed by atoms with Crippen LogP contribution in [0.25, 0.3) is 0 Å². The number of aliphatic hydroxyl groups excluding tert-OH is 1. The van der Waals surface area contributed by atoms with Crippen LogP contribution in [0.4, 0.5) is 0 Å². The number of carbonyl (C=O) groups excluding carboxylic acids is 2. The molecule has 7 heteroatoms. The standard InChI is InChI=1S/C15H17N3O4/c1-9(20)18(17-8-19)13-11-6-10(7-16)4-5-12(11)22-15(2,3)14(13)21/h4-6,8,13-14,21H,1-3H3,(H,17,19)/t13-,14+/m0/s1. The molecule has 22 heavy (non-hydrogen) atoms. The van der Waals surface area contributed by atoms with Crippen molar-refractivity contribution >= 4 is 12.3 Å². The molecule has 0 bridgehead atoms. The number of nitrogens with one attached hydrogen (secondary N) is 1. The van der Waals surface area contributed by atoms with Crippen LogP contribution in [0, 0.1) is 11.3 Å². The summed E-state index contributed by atoms with van der Waals surface area (Å²) in [6.45, 7) is 4.65. The van der Waals surface area contributed by atoms with Crippen molar-refractivity contribution in [2.45, 2.75) is 38.5 Å². The van der Waals surface area contributed by atoms with Gasteiger partial charge in [-0.3, -0.25) is 15.0 Å². The number of hydrogen-bond acceptors (Lipinski definition) is 5. The van der Waals surface area contributed by atoms with Gasteiger partial charge in [-0.25, -0.2) is 5.01 Å². The lowest BCUT2D eigenvalue weighted by atomic mass is 9.85. The Morgan fingerprint density at radius 2 is 2.23 bits per heavy atom. The first-order valence-electron chi connectivity index (χ1n) is 6.72. The fourth-order valence-electron chi connectivity index (χ4n) is 2.54. The summed E-state index contributed by atoms with van der Waals surface area (Å²) in [5.74, 6) is 0.0143. The van der Waals surface area contributed by atoms with Crippen molar-refractivity contribution in [3.05, 3.63) is 29.3 Å². The van der Waals surface area contributed by atoms with E-state index in [9.17, 15) is 14.7 Å². The van der Waals surface area contributed by atoms with Gasteiger partial charge in [-0.15, -0.1) is 0 Å².